The second-order valence-corrected chi connectivity index (χ2v) is 5.44. The van der Waals surface area contributed by atoms with Crippen LogP contribution in [-0.4, -0.2) is 19.1 Å². The van der Waals surface area contributed by atoms with Crippen LogP contribution in [0.15, 0.2) is 47.1 Å². The molecule has 4 heteroatoms. The van der Waals surface area contributed by atoms with E-state index in [1.165, 1.54) is 11.3 Å². The topological polar surface area (TPSA) is 28.2 Å². The average Bonchev–Trinajstić information content (AvgIpc) is 2.39. The maximum Gasteiger partial charge on any atom is 0.0562 e. The lowest BCUT2D eigenvalue weighted by atomic mass is 10.2. The normalized spacial score (nSPS) is 10.5. The lowest BCUT2D eigenvalue weighted by molar-refractivity contribution is 0.788. The molecule has 1 heterocycles. The first-order valence-corrected chi connectivity index (χ1v) is 7.03. The van der Waals surface area contributed by atoms with E-state index in [9.17, 15) is 0 Å². The van der Waals surface area contributed by atoms with Crippen LogP contribution in [0.25, 0.3) is 0 Å². The van der Waals surface area contributed by atoms with E-state index in [1.807, 2.05) is 25.4 Å². The summed E-state index contributed by atoms with van der Waals surface area (Å²) in [6.07, 6.45) is 1.86. The standard InChI is InChI=1S/C15H18BrN3/c1-17-10-14-9-15(6-7-18-14)19(2)11-12-4-3-5-13(16)8-12/h3-9,17H,10-11H2,1-2H3. The molecule has 0 aliphatic heterocycles. The van der Waals surface area contributed by atoms with Crippen LogP contribution in [0.2, 0.25) is 0 Å². The highest BCUT2D eigenvalue weighted by atomic mass is 79.9. The van der Waals surface area contributed by atoms with E-state index >= 15 is 0 Å². The van der Waals surface area contributed by atoms with E-state index in [-0.39, 0.29) is 0 Å². The smallest absolute Gasteiger partial charge is 0.0562 e. The van der Waals surface area contributed by atoms with Crippen molar-refractivity contribution in [3.05, 3.63) is 58.3 Å². The van der Waals surface area contributed by atoms with Crippen molar-refractivity contribution in [3.63, 3.8) is 0 Å². The Hall–Kier alpha value is -1.39. The fraction of sp³-hybridized carbons (Fsp3) is 0.267. The zero-order valence-electron chi connectivity index (χ0n) is 11.2. The maximum absolute atomic E-state index is 4.34. The van der Waals surface area contributed by atoms with Crippen LogP contribution in [0.1, 0.15) is 11.3 Å². The van der Waals surface area contributed by atoms with Gasteiger partial charge in [0.15, 0.2) is 0 Å². The Kier molecular flexibility index (Phi) is 4.93. The highest BCUT2D eigenvalue weighted by Crippen LogP contribution is 2.18. The monoisotopic (exact) mass is 319 g/mol. The van der Waals surface area contributed by atoms with Gasteiger partial charge in [0, 0.05) is 36.5 Å². The van der Waals surface area contributed by atoms with Crippen molar-refractivity contribution in [1.82, 2.24) is 10.3 Å². The van der Waals surface area contributed by atoms with Crippen LogP contribution in [0, 0.1) is 0 Å². The molecule has 1 aromatic heterocycles. The number of nitrogens with zero attached hydrogens (tertiary/aromatic N) is 2. The van der Waals surface area contributed by atoms with E-state index in [0.717, 1.165) is 23.3 Å². The van der Waals surface area contributed by atoms with Crippen molar-refractivity contribution in [2.24, 2.45) is 0 Å². The zero-order chi connectivity index (χ0) is 13.7. The molecule has 0 aliphatic carbocycles. The average molecular weight is 320 g/mol. The molecular formula is C15H18BrN3. The van der Waals surface area contributed by atoms with Gasteiger partial charge in [0.1, 0.15) is 0 Å². The van der Waals surface area contributed by atoms with Gasteiger partial charge in [-0.05, 0) is 36.9 Å². The first-order chi connectivity index (χ1) is 9.19. The molecule has 100 valence electrons. The van der Waals surface area contributed by atoms with E-state index in [1.54, 1.807) is 0 Å². The Balaban J connectivity index is 2.11. The molecule has 3 nitrogen and oxygen atoms in total. The summed E-state index contributed by atoms with van der Waals surface area (Å²) >= 11 is 3.50. The van der Waals surface area contributed by atoms with E-state index in [4.69, 9.17) is 0 Å². The summed E-state index contributed by atoms with van der Waals surface area (Å²) in [6, 6.07) is 12.5. The Bertz CT molecular complexity index is 542. The molecule has 0 bridgehead atoms. The third-order valence-corrected chi connectivity index (χ3v) is 3.40. The minimum absolute atomic E-state index is 0.790. The van der Waals surface area contributed by atoms with E-state index < -0.39 is 0 Å². The fourth-order valence-electron chi connectivity index (χ4n) is 1.98. The van der Waals surface area contributed by atoms with Crippen molar-refractivity contribution < 1.29 is 0 Å². The SMILES string of the molecule is CNCc1cc(N(C)Cc2cccc(Br)c2)ccn1. The van der Waals surface area contributed by atoms with Gasteiger partial charge in [-0.1, -0.05) is 28.1 Å². The van der Waals surface area contributed by atoms with Crippen LogP contribution in [0.4, 0.5) is 5.69 Å². The maximum atomic E-state index is 4.34. The molecule has 1 N–H and O–H groups in total. The van der Waals surface area contributed by atoms with Gasteiger partial charge in [0.2, 0.25) is 0 Å². The predicted octanol–water partition coefficient (Wildman–Crippen LogP) is 3.20. The van der Waals surface area contributed by atoms with Crippen molar-refractivity contribution in [3.8, 4) is 0 Å². The molecule has 0 unspecified atom stereocenters. The number of nitrogens with one attached hydrogen (secondary N) is 1. The highest BCUT2D eigenvalue weighted by Gasteiger charge is 2.04. The number of hydrogen-bond donors (Lipinski definition) is 1. The van der Waals surface area contributed by atoms with Gasteiger partial charge in [-0.3, -0.25) is 4.98 Å². The summed E-state index contributed by atoms with van der Waals surface area (Å²) < 4.78 is 1.11. The molecule has 0 aliphatic rings. The summed E-state index contributed by atoms with van der Waals surface area (Å²) in [7, 11) is 4.03. The quantitative estimate of drug-likeness (QED) is 0.917. The fourth-order valence-corrected chi connectivity index (χ4v) is 2.43. The number of anilines is 1. The molecule has 19 heavy (non-hydrogen) atoms. The van der Waals surface area contributed by atoms with Crippen LogP contribution in [-0.2, 0) is 13.1 Å². The molecule has 2 aromatic rings. The summed E-state index contributed by atoms with van der Waals surface area (Å²) in [6.45, 7) is 1.67. The molecule has 0 amide bonds. The van der Waals surface area contributed by atoms with Crippen LogP contribution >= 0.6 is 15.9 Å². The summed E-state index contributed by atoms with van der Waals surface area (Å²) in [5.74, 6) is 0. The number of halogens is 1. The molecule has 0 radical (unpaired) electrons. The van der Waals surface area contributed by atoms with Crippen LogP contribution < -0.4 is 10.2 Å². The first kappa shape index (κ1) is 14.0. The number of aromatic nitrogens is 1. The van der Waals surface area contributed by atoms with Gasteiger partial charge in [-0.2, -0.15) is 0 Å². The molecular weight excluding hydrogens is 302 g/mol. The third kappa shape index (κ3) is 4.04. The number of rotatable bonds is 5. The molecule has 0 fully saturated rings. The first-order valence-electron chi connectivity index (χ1n) is 6.24. The van der Waals surface area contributed by atoms with Gasteiger partial charge < -0.3 is 10.2 Å². The minimum Gasteiger partial charge on any atom is -0.370 e. The summed E-state index contributed by atoms with van der Waals surface area (Å²) in [5.41, 5.74) is 3.52. The van der Waals surface area contributed by atoms with Crippen molar-refractivity contribution in [2.45, 2.75) is 13.1 Å². The van der Waals surface area contributed by atoms with Gasteiger partial charge in [0.05, 0.1) is 5.69 Å². The number of benzene rings is 1. The van der Waals surface area contributed by atoms with Crippen molar-refractivity contribution >= 4 is 21.6 Å². The Labute approximate surface area is 122 Å². The minimum atomic E-state index is 0.790. The molecule has 0 atom stereocenters. The van der Waals surface area contributed by atoms with Crippen molar-refractivity contribution in [1.29, 1.82) is 0 Å². The summed E-state index contributed by atoms with van der Waals surface area (Å²) in [4.78, 5) is 6.56. The lowest BCUT2D eigenvalue weighted by Crippen LogP contribution is -2.17. The third-order valence-electron chi connectivity index (χ3n) is 2.91. The Morgan fingerprint density at radius 2 is 2.11 bits per heavy atom. The highest BCUT2D eigenvalue weighted by molar-refractivity contribution is 9.10. The molecule has 0 saturated heterocycles. The van der Waals surface area contributed by atoms with E-state index in [0.29, 0.717) is 0 Å². The largest absolute Gasteiger partial charge is 0.370 e. The molecule has 0 saturated carbocycles. The van der Waals surface area contributed by atoms with E-state index in [2.05, 4.69) is 62.4 Å². The molecule has 0 spiro atoms. The van der Waals surface area contributed by atoms with Gasteiger partial charge in [0.25, 0.3) is 0 Å². The Morgan fingerprint density at radius 1 is 1.26 bits per heavy atom. The van der Waals surface area contributed by atoms with Crippen molar-refractivity contribution in [2.75, 3.05) is 19.0 Å². The summed E-state index contributed by atoms with van der Waals surface area (Å²) in [5, 5.41) is 3.12. The van der Waals surface area contributed by atoms with Gasteiger partial charge in [-0.15, -0.1) is 0 Å². The Morgan fingerprint density at radius 3 is 2.84 bits per heavy atom. The van der Waals surface area contributed by atoms with Crippen LogP contribution in [0.3, 0.4) is 0 Å². The second-order valence-electron chi connectivity index (χ2n) is 4.52. The van der Waals surface area contributed by atoms with Gasteiger partial charge >= 0.3 is 0 Å². The zero-order valence-corrected chi connectivity index (χ0v) is 12.8. The van der Waals surface area contributed by atoms with Crippen LogP contribution in [0.5, 0.6) is 0 Å². The molecule has 2 rings (SSSR count). The molecule has 1 aromatic carbocycles. The number of hydrogen-bond acceptors (Lipinski definition) is 3. The number of pyridine rings is 1. The lowest BCUT2D eigenvalue weighted by Gasteiger charge is -2.20. The second kappa shape index (κ2) is 6.68. The van der Waals surface area contributed by atoms with Gasteiger partial charge in [-0.25, -0.2) is 0 Å². The predicted molar refractivity (Wildman–Crippen MR) is 83.2 cm³/mol.